The Balaban J connectivity index is 1.83. The van der Waals surface area contributed by atoms with Gasteiger partial charge in [-0.2, -0.15) is 4.98 Å². The van der Waals surface area contributed by atoms with Gasteiger partial charge in [-0.05, 0) is 62.7 Å². The standard InChI is InChI=1S/C23H24ClN5O3/c1-23(2,3)32-22(31)27-16-10-8-9-15(13-16)26-19-18(14-25-21(24)28-19)20(30)29(4)17-11-6-5-7-12-17/h5-14H,1-4H3,(H,27,31)(H,25,26,28). The van der Waals surface area contributed by atoms with Gasteiger partial charge in [-0.25, -0.2) is 9.78 Å². The van der Waals surface area contributed by atoms with Gasteiger partial charge in [0, 0.05) is 30.3 Å². The molecule has 2 amide bonds. The van der Waals surface area contributed by atoms with E-state index < -0.39 is 11.7 Å². The van der Waals surface area contributed by atoms with E-state index in [1.807, 2.05) is 30.3 Å². The van der Waals surface area contributed by atoms with Gasteiger partial charge in [0.2, 0.25) is 5.28 Å². The zero-order chi connectivity index (χ0) is 23.3. The van der Waals surface area contributed by atoms with Gasteiger partial charge in [0.15, 0.2) is 0 Å². The minimum absolute atomic E-state index is 0.00514. The summed E-state index contributed by atoms with van der Waals surface area (Å²) in [6, 6.07) is 16.1. The third-order valence-corrected chi connectivity index (χ3v) is 4.39. The summed E-state index contributed by atoms with van der Waals surface area (Å²) in [4.78, 5) is 34.8. The molecule has 1 aromatic heterocycles. The first-order valence-corrected chi connectivity index (χ1v) is 10.2. The molecule has 0 aliphatic rings. The molecule has 1 heterocycles. The van der Waals surface area contributed by atoms with Crippen LogP contribution in [0.1, 0.15) is 31.1 Å². The van der Waals surface area contributed by atoms with E-state index in [0.717, 1.165) is 5.69 Å². The molecule has 0 spiro atoms. The lowest BCUT2D eigenvalue weighted by Gasteiger charge is -2.20. The van der Waals surface area contributed by atoms with E-state index in [4.69, 9.17) is 16.3 Å². The Bertz CT molecular complexity index is 1120. The van der Waals surface area contributed by atoms with Crippen molar-refractivity contribution in [2.75, 3.05) is 22.6 Å². The maximum atomic E-state index is 13.1. The Kier molecular flexibility index (Phi) is 6.95. The van der Waals surface area contributed by atoms with Gasteiger partial charge in [0.25, 0.3) is 5.91 Å². The lowest BCUT2D eigenvalue weighted by atomic mass is 10.2. The van der Waals surface area contributed by atoms with Crippen LogP contribution in [0.2, 0.25) is 5.28 Å². The van der Waals surface area contributed by atoms with Gasteiger partial charge < -0.3 is 15.0 Å². The number of aromatic nitrogens is 2. The smallest absolute Gasteiger partial charge is 0.412 e. The third-order valence-electron chi connectivity index (χ3n) is 4.21. The number of anilines is 4. The highest BCUT2D eigenvalue weighted by molar-refractivity contribution is 6.28. The topological polar surface area (TPSA) is 96.5 Å². The first-order valence-electron chi connectivity index (χ1n) is 9.85. The fourth-order valence-electron chi connectivity index (χ4n) is 2.79. The molecule has 0 unspecified atom stereocenters. The second-order valence-electron chi connectivity index (χ2n) is 7.93. The van der Waals surface area contributed by atoms with E-state index in [-0.39, 0.29) is 22.6 Å². The number of rotatable bonds is 5. The average Bonchev–Trinajstić information content (AvgIpc) is 2.72. The molecule has 0 saturated carbocycles. The van der Waals surface area contributed by atoms with E-state index in [2.05, 4.69) is 20.6 Å². The largest absolute Gasteiger partial charge is 0.444 e. The van der Waals surface area contributed by atoms with Crippen LogP contribution in [0.3, 0.4) is 0 Å². The highest BCUT2D eigenvalue weighted by Crippen LogP contribution is 2.25. The second kappa shape index (κ2) is 9.65. The summed E-state index contributed by atoms with van der Waals surface area (Å²) in [5, 5.41) is 5.76. The lowest BCUT2D eigenvalue weighted by Crippen LogP contribution is -2.27. The Morgan fingerprint density at radius 1 is 1.03 bits per heavy atom. The lowest BCUT2D eigenvalue weighted by molar-refractivity contribution is 0.0635. The molecule has 166 valence electrons. The highest BCUT2D eigenvalue weighted by Gasteiger charge is 2.20. The van der Waals surface area contributed by atoms with Crippen molar-refractivity contribution in [3.05, 3.63) is 71.6 Å². The van der Waals surface area contributed by atoms with Crippen LogP contribution in [-0.4, -0.2) is 34.6 Å². The quantitative estimate of drug-likeness (QED) is 0.495. The number of nitrogens with zero attached hydrogens (tertiary/aromatic N) is 3. The molecule has 0 aliphatic carbocycles. The zero-order valence-corrected chi connectivity index (χ0v) is 19.0. The number of carbonyl (C=O) groups excluding carboxylic acids is 2. The molecule has 3 aromatic rings. The summed E-state index contributed by atoms with van der Waals surface area (Å²) >= 11 is 5.99. The molecular weight excluding hydrogens is 430 g/mol. The van der Waals surface area contributed by atoms with E-state index in [0.29, 0.717) is 11.4 Å². The van der Waals surface area contributed by atoms with Crippen molar-refractivity contribution in [2.24, 2.45) is 0 Å². The van der Waals surface area contributed by atoms with Gasteiger partial charge in [-0.15, -0.1) is 0 Å². The molecule has 0 fully saturated rings. The number of amides is 2. The van der Waals surface area contributed by atoms with Gasteiger partial charge >= 0.3 is 6.09 Å². The predicted molar refractivity (Wildman–Crippen MR) is 126 cm³/mol. The molecule has 0 saturated heterocycles. The van der Waals surface area contributed by atoms with Gasteiger partial charge in [-0.3, -0.25) is 10.1 Å². The summed E-state index contributed by atoms with van der Waals surface area (Å²) in [6.45, 7) is 5.36. The molecule has 0 atom stereocenters. The Labute approximate surface area is 191 Å². The van der Waals surface area contributed by atoms with Crippen molar-refractivity contribution in [2.45, 2.75) is 26.4 Å². The van der Waals surface area contributed by atoms with E-state index in [1.165, 1.54) is 11.1 Å². The molecular formula is C23H24ClN5O3. The van der Waals surface area contributed by atoms with E-state index >= 15 is 0 Å². The number of halogens is 1. The third kappa shape index (κ3) is 6.18. The minimum Gasteiger partial charge on any atom is -0.444 e. The Morgan fingerprint density at radius 2 is 1.72 bits per heavy atom. The number of hydrogen-bond acceptors (Lipinski definition) is 6. The van der Waals surface area contributed by atoms with Crippen molar-refractivity contribution in [1.82, 2.24) is 9.97 Å². The highest BCUT2D eigenvalue weighted by atomic mass is 35.5. The average molecular weight is 454 g/mol. The number of carbonyl (C=O) groups is 2. The van der Waals surface area contributed by atoms with Crippen molar-refractivity contribution in [1.29, 1.82) is 0 Å². The molecule has 0 aliphatic heterocycles. The fourth-order valence-corrected chi connectivity index (χ4v) is 2.93. The van der Waals surface area contributed by atoms with Crippen molar-refractivity contribution >= 4 is 46.5 Å². The molecule has 8 nitrogen and oxygen atoms in total. The molecule has 32 heavy (non-hydrogen) atoms. The zero-order valence-electron chi connectivity index (χ0n) is 18.2. The molecule has 2 N–H and O–H groups in total. The minimum atomic E-state index is -0.613. The second-order valence-corrected chi connectivity index (χ2v) is 8.27. The predicted octanol–water partition coefficient (Wildman–Crippen LogP) is 5.50. The van der Waals surface area contributed by atoms with Crippen LogP contribution in [0.15, 0.2) is 60.8 Å². The van der Waals surface area contributed by atoms with Crippen molar-refractivity contribution in [3.8, 4) is 0 Å². The summed E-state index contributed by atoms with van der Waals surface area (Å²) < 4.78 is 5.28. The number of nitrogens with one attached hydrogen (secondary N) is 2. The summed E-state index contributed by atoms with van der Waals surface area (Å²) in [6.07, 6.45) is 0.808. The van der Waals surface area contributed by atoms with Crippen molar-refractivity contribution < 1.29 is 14.3 Å². The number of para-hydroxylation sites is 1. The van der Waals surface area contributed by atoms with Crippen LogP contribution in [0.25, 0.3) is 0 Å². The Hall–Kier alpha value is -3.65. The molecule has 2 aromatic carbocycles. The van der Waals surface area contributed by atoms with Crippen LogP contribution < -0.4 is 15.5 Å². The molecule has 0 radical (unpaired) electrons. The first kappa shape index (κ1) is 23.0. The summed E-state index contributed by atoms with van der Waals surface area (Å²) in [7, 11) is 1.67. The van der Waals surface area contributed by atoms with E-state index in [1.54, 1.807) is 52.1 Å². The normalized spacial score (nSPS) is 10.9. The number of benzene rings is 2. The maximum absolute atomic E-state index is 13.1. The van der Waals surface area contributed by atoms with Crippen LogP contribution in [0, 0.1) is 0 Å². The number of hydrogen-bond donors (Lipinski definition) is 2. The Morgan fingerprint density at radius 3 is 2.41 bits per heavy atom. The summed E-state index contributed by atoms with van der Waals surface area (Å²) in [5.41, 5.74) is 1.45. The van der Waals surface area contributed by atoms with Gasteiger partial charge in [-0.1, -0.05) is 24.3 Å². The van der Waals surface area contributed by atoms with Gasteiger partial charge in [0.1, 0.15) is 17.0 Å². The maximum Gasteiger partial charge on any atom is 0.412 e. The first-order chi connectivity index (χ1) is 15.1. The van der Waals surface area contributed by atoms with Gasteiger partial charge in [0.05, 0.1) is 0 Å². The van der Waals surface area contributed by atoms with Crippen LogP contribution in [0.5, 0.6) is 0 Å². The van der Waals surface area contributed by atoms with Crippen LogP contribution in [0.4, 0.5) is 27.7 Å². The monoisotopic (exact) mass is 453 g/mol. The summed E-state index contributed by atoms with van der Waals surface area (Å²) in [5.74, 6) is -0.0643. The van der Waals surface area contributed by atoms with Crippen LogP contribution >= 0.6 is 11.6 Å². The number of ether oxygens (including phenoxy) is 1. The molecule has 3 rings (SSSR count). The fraction of sp³-hybridized carbons (Fsp3) is 0.217. The van der Waals surface area contributed by atoms with Crippen molar-refractivity contribution in [3.63, 3.8) is 0 Å². The molecule has 0 bridgehead atoms. The van der Waals surface area contributed by atoms with E-state index in [9.17, 15) is 9.59 Å². The van der Waals surface area contributed by atoms with Crippen LogP contribution in [-0.2, 0) is 4.74 Å². The SMILES string of the molecule is CN(C(=O)c1cnc(Cl)nc1Nc1cccc(NC(=O)OC(C)(C)C)c1)c1ccccc1. The molecule has 9 heteroatoms.